The maximum Gasteiger partial charge on any atom is 0.0473 e. The highest BCUT2D eigenvalue weighted by Gasteiger charge is 2.01. The van der Waals surface area contributed by atoms with Gasteiger partial charge in [-0.25, -0.2) is 0 Å². The van der Waals surface area contributed by atoms with Crippen LogP contribution in [-0.4, -0.2) is 11.1 Å². The van der Waals surface area contributed by atoms with Gasteiger partial charge in [-0.1, -0.05) is 35.0 Å². The second kappa shape index (κ2) is 6.76. The summed E-state index contributed by atoms with van der Waals surface area (Å²) >= 11 is 3.46. The lowest BCUT2D eigenvalue weighted by molar-refractivity contribution is 0.630. The molecule has 1 N–H and O–H groups in total. The Morgan fingerprint density at radius 2 is 1.94 bits per heavy atom. The molecule has 0 unspecified atom stereocenters. The highest BCUT2D eigenvalue weighted by molar-refractivity contribution is 9.10. The first-order valence-corrected chi connectivity index (χ1v) is 7.18. The molecule has 0 aliphatic heterocycles. The van der Waals surface area contributed by atoms with E-state index in [4.69, 9.17) is 0 Å². The van der Waals surface area contributed by atoms with Gasteiger partial charge in [0.15, 0.2) is 0 Å². The summed E-state index contributed by atoms with van der Waals surface area (Å²) in [6.45, 7) is 5.14. The smallest absolute Gasteiger partial charge is 0.0473 e. The summed E-state index contributed by atoms with van der Waals surface area (Å²) in [5.74, 6) is 0. The van der Waals surface area contributed by atoms with Gasteiger partial charge in [0, 0.05) is 29.5 Å². The van der Waals surface area contributed by atoms with Crippen molar-refractivity contribution in [1.82, 2.24) is 9.88 Å². The predicted molar refractivity (Wildman–Crippen MR) is 79.7 cm³/mol. The first-order chi connectivity index (χ1) is 8.79. The third-order valence-corrected chi connectivity index (χ3v) is 3.45. The second-order valence-corrected chi connectivity index (χ2v) is 5.35. The summed E-state index contributed by atoms with van der Waals surface area (Å²) in [6, 6.07) is 12.8. The van der Waals surface area contributed by atoms with E-state index in [0.29, 0.717) is 0 Å². The fraction of sp³-hybridized carbons (Fsp3) is 0.333. The van der Waals surface area contributed by atoms with Crippen LogP contribution in [0.15, 0.2) is 47.1 Å². The van der Waals surface area contributed by atoms with Crippen LogP contribution >= 0.6 is 15.9 Å². The van der Waals surface area contributed by atoms with Gasteiger partial charge in [-0.05, 0) is 42.8 Å². The number of nitrogens with zero attached hydrogens (tertiary/aromatic N) is 1. The van der Waals surface area contributed by atoms with Gasteiger partial charge in [0.1, 0.15) is 0 Å². The molecule has 1 aromatic carbocycles. The Kier molecular flexibility index (Phi) is 5.02. The number of benzene rings is 1. The maximum atomic E-state index is 3.46. The lowest BCUT2D eigenvalue weighted by Gasteiger charge is -2.10. The number of rotatable bonds is 6. The molecule has 1 aromatic heterocycles. The SMILES string of the molecule is CCCNCc1cccn1Cc1ccc(Br)cc1. The van der Waals surface area contributed by atoms with Crippen molar-refractivity contribution in [2.24, 2.45) is 0 Å². The standard InChI is InChI=1S/C15H19BrN2/c1-2-9-17-11-15-4-3-10-18(15)12-13-5-7-14(16)8-6-13/h3-8,10,17H,2,9,11-12H2,1H3. The van der Waals surface area contributed by atoms with Crippen LogP contribution in [0.4, 0.5) is 0 Å². The molecular formula is C15H19BrN2. The average Bonchev–Trinajstić information content (AvgIpc) is 2.80. The second-order valence-electron chi connectivity index (χ2n) is 4.43. The molecule has 0 bridgehead atoms. The molecule has 0 amide bonds. The zero-order chi connectivity index (χ0) is 12.8. The third-order valence-electron chi connectivity index (χ3n) is 2.92. The Morgan fingerprint density at radius 1 is 1.17 bits per heavy atom. The summed E-state index contributed by atoms with van der Waals surface area (Å²) in [5.41, 5.74) is 2.66. The topological polar surface area (TPSA) is 17.0 Å². The van der Waals surface area contributed by atoms with Crippen LogP contribution in [0.5, 0.6) is 0 Å². The number of halogens is 1. The fourth-order valence-electron chi connectivity index (χ4n) is 1.94. The Balaban J connectivity index is 2.00. The normalized spacial score (nSPS) is 10.8. The summed E-state index contributed by atoms with van der Waals surface area (Å²) < 4.78 is 3.43. The largest absolute Gasteiger partial charge is 0.346 e. The van der Waals surface area contributed by atoms with Crippen molar-refractivity contribution in [3.63, 3.8) is 0 Å². The quantitative estimate of drug-likeness (QED) is 0.803. The van der Waals surface area contributed by atoms with E-state index in [9.17, 15) is 0 Å². The van der Waals surface area contributed by atoms with Gasteiger partial charge in [0.25, 0.3) is 0 Å². The molecule has 2 nitrogen and oxygen atoms in total. The van der Waals surface area contributed by atoms with Crippen molar-refractivity contribution in [3.8, 4) is 0 Å². The minimum absolute atomic E-state index is 0.934. The van der Waals surface area contributed by atoms with Gasteiger partial charge >= 0.3 is 0 Å². The molecule has 2 rings (SSSR count). The summed E-state index contributed by atoms with van der Waals surface area (Å²) in [5, 5.41) is 3.44. The van der Waals surface area contributed by atoms with E-state index >= 15 is 0 Å². The van der Waals surface area contributed by atoms with Crippen molar-refractivity contribution in [1.29, 1.82) is 0 Å². The molecule has 0 atom stereocenters. The van der Waals surface area contributed by atoms with Gasteiger partial charge in [0.2, 0.25) is 0 Å². The van der Waals surface area contributed by atoms with E-state index in [2.05, 4.69) is 75.3 Å². The summed E-state index contributed by atoms with van der Waals surface area (Å²) in [7, 11) is 0. The van der Waals surface area contributed by atoms with Gasteiger partial charge < -0.3 is 9.88 Å². The minimum atomic E-state index is 0.934. The first-order valence-electron chi connectivity index (χ1n) is 6.39. The number of nitrogens with one attached hydrogen (secondary N) is 1. The van der Waals surface area contributed by atoms with Crippen LogP contribution in [0.25, 0.3) is 0 Å². The molecule has 0 radical (unpaired) electrons. The van der Waals surface area contributed by atoms with Crippen molar-refractivity contribution in [2.45, 2.75) is 26.4 Å². The average molecular weight is 307 g/mol. The van der Waals surface area contributed by atoms with E-state index in [1.807, 2.05) is 0 Å². The van der Waals surface area contributed by atoms with Gasteiger partial charge in [-0.3, -0.25) is 0 Å². The molecule has 0 saturated carbocycles. The third kappa shape index (κ3) is 3.72. The van der Waals surface area contributed by atoms with Crippen LogP contribution in [0, 0.1) is 0 Å². The maximum absolute atomic E-state index is 3.46. The zero-order valence-electron chi connectivity index (χ0n) is 10.7. The molecule has 0 saturated heterocycles. The van der Waals surface area contributed by atoms with E-state index in [0.717, 1.165) is 24.1 Å². The molecule has 18 heavy (non-hydrogen) atoms. The molecule has 0 aliphatic rings. The Hall–Kier alpha value is -1.06. The van der Waals surface area contributed by atoms with E-state index in [1.54, 1.807) is 0 Å². The number of hydrogen-bond acceptors (Lipinski definition) is 1. The predicted octanol–water partition coefficient (Wildman–Crippen LogP) is 3.80. The Labute approximate surface area is 117 Å². The highest BCUT2D eigenvalue weighted by Crippen LogP contribution is 2.13. The molecule has 96 valence electrons. The first kappa shape index (κ1) is 13.4. The number of aromatic nitrogens is 1. The molecule has 3 heteroatoms. The molecule has 1 heterocycles. The molecule has 0 spiro atoms. The van der Waals surface area contributed by atoms with Crippen LogP contribution < -0.4 is 5.32 Å². The van der Waals surface area contributed by atoms with Crippen LogP contribution in [0.3, 0.4) is 0 Å². The number of hydrogen-bond donors (Lipinski definition) is 1. The van der Waals surface area contributed by atoms with Crippen molar-refractivity contribution in [2.75, 3.05) is 6.54 Å². The van der Waals surface area contributed by atoms with Crippen LogP contribution in [0.1, 0.15) is 24.6 Å². The lowest BCUT2D eigenvalue weighted by Crippen LogP contribution is -2.16. The Bertz CT molecular complexity index is 473. The fourth-order valence-corrected chi connectivity index (χ4v) is 2.21. The van der Waals surface area contributed by atoms with E-state index < -0.39 is 0 Å². The highest BCUT2D eigenvalue weighted by atomic mass is 79.9. The van der Waals surface area contributed by atoms with Crippen LogP contribution in [-0.2, 0) is 13.1 Å². The summed E-state index contributed by atoms with van der Waals surface area (Å²) in [6.07, 6.45) is 3.32. The zero-order valence-corrected chi connectivity index (χ0v) is 12.3. The summed E-state index contributed by atoms with van der Waals surface area (Å²) in [4.78, 5) is 0. The van der Waals surface area contributed by atoms with Crippen molar-refractivity contribution < 1.29 is 0 Å². The van der Waals surface area contributed by atoms with E-state index in [-0.39, 0.29) is 0 Å². The van der Waals surface area contributed by atoms with Gasteiger partial charge in [0.05, 0.1) is 0 Å². The van der Waals surface area contributed by atoms with Gasteiger partial charge in [-0.15, -0.1) is 0 Å². The van der Waals surface area contributed by atoms with Crippen LogP contribution in [0.2, 0.25) is 0 Å². The molecular weight excluding hydrogens is 288 g/mol. The van der Waals surface area contributed by atoms with E-state index in [1.165, 1.54) is 17.7 Å². The minimum Gasteiger partial charge on any atom is -0.346 e. The lowest BCUT2D eigenvalue weighted by atomic mass is 10.2. The van der Waals surface area contributed by atoms with Crippen molar-refractivity contribution in [3.05, 3.63) is 58.3 Å². The molecule has 0 fully saturated rings. The molecule has 2 aromatic rings. The monoisotopic (exact) mass is 306 g/mol. The Morgan fingerprint density at radius 3 is 2.67 bits per heavy atom. The van der Waals surface area contributed by atoms with Crippen molar-refractivity contribution >= 4 is 15.9 Å². The molecule has 0 aliphatic carbocycles. The van der Waals surface area contributed by atoms with Gasteiger partial charge in [-0.2, -0.15) is 0 Å².